The van der Waals surface area contributed by atoms with E-state index in [1.807, 2.05) is 0 Å². The lowest BCUT2D eigenvalue weighted by atomic mass is 10.00. The Morgan fingerprint density at radius 3 is 2.53 bits per heavy atom. The average Bonchev–Trinajstić information content (AvgIpc) is 2.33. The number of halogens is 3. The van der Waals surface area contributed by atoms with Crippen LogP contribution < -0.4 is 0 Å². The first-order valence-electron chi connectivity index (χ1n) is 4.97. The minimum atomic E-state index is -0.393. The molecule has 0 fully saturated rings. The van der Waals surface area contributed by atoms with Crippen LogP contribution in [0.5, 0.6) is 0 Å². The molecular formula is C13H9Cl2FO. The summed E-state index contributed by atoms with van der Waals surface area (Å²) in [6.07, 6.45) is 0. The fraction of sp³-hybridized carbons (Fsp3) is 0.0769. The summed E-state index contributed by atoms with van der Waals surface area (Å²) in [6.45, 7) is -0.254. The van der Waals surface area contributed by atoms with E-state index >= 15 is 0 Å². The first-order valence-corrected chi connectivity index (χ1v) is 5.72. The lowest BCUT2D eigenvalue weighted by molar-refractivity contribution is 0.282. The fourth-order valence-corrected chi connectivity index (χ4v) is 2.07. The van der Waals surface area contributed by atoms with Crippen LogP contribution in [0, 0.1) is 5.82 Å². The van der Waals surface area contributed by atoms with Crippen LogP contribution in [0.2, 0.25) is 10.0 Å². The molecule has 1 nitrogen and oxygen atoms in total. The maximum atomic E-state index is 13.1. The van der Waals surface area contributed by atoms with Crippen LogP contribution in [0.3, 0.4) is 0 Å². The van der Waals surface area contributed by atoms with E-state index in [2.05, 4.69) is 0 Å². The van der Waals surface area contributed by atoms with E-state index in [0.29, 0.717) is 26.7 Å². The normalized spacial score (nSPS) is 10.6. The molecule has 0 spiro atoms. The van der Waals surface area contributed by atoms with E-state index in [-0.39, 0.29) is 6.61 Å². The summed E-state index contributed by atoms with van der Waals surface area (Å²) < 4.78 is 13.1. The number of rotatable bonds is 2. The zero-order valence-electron chi connectivity index (χ0n) is 8.75. The highest BCUT2D eigenvalue weighted by atomic mass is 35.5. The van der Waals surface area contributed by atoms with Gasteiger partial charge in [-0.2, -0.15) is 0 Å². The van der Waals surface area contributed by atoms with Gasteiger partial charge in [-0.25, -0.2) is 4.39 Å². The lowest BCUT2D eigenvalue weighted by Gasteiger charge is -2.10. The number of benzene rings is 2. The van der Waals surface area contributed by atoms with Crippen molar-refractivity contribution in [3.63, 3.8) is 0 Å². The zero-order chi connectivity index (χ0) is 12.4. The number of aliphatic hydroxyl groups excluding tert-OH is 1. The van der Waals surface area contributed by atoms with Gasteiger partial charge in [0.15, 0.2) is 0 Å². The first kappa shape index (κ1) is 12.4. The second-order valence-corrected chi connectivity index (χ2v) is 4.35. The summed E-state index contributed by atoms with van der Waals surface area (Å²) in [4.78, 5) is 0. The third-order valence-electron chi connectivity index (χ3n) is 2.48. The summed E-state index contributed by atoms with van der Waals surface area (Å²) >= 11 is 12.0. The van der Waals surface area contributed by atoms with Crippen LogP contribution >= 0.6 is 23.2 Å². The van der Waals surface area contributed by atoms with Gasteiger partial charge in [-0.15, -0.1) is 0 Å². The van der Waals surface area contributed by atoms with Gasteiger partial charge >= 0.3 is 0 Å². The van der Waals surface area contributed by atoms with Gasteiger partial charge in [-0.1, -0.05) is 41.4 Å². The van der Waals surface area contributed by atoms with E-state index in [0.717, 1.165) is 0 Å². The molecule has 4 heteroatoms. The summed E-state index contributed by atoms with van der Waals surface area (Å²) in [5, 5.41) is 10.0. The highest BCUT2D eigenvalue weighted by molar-refractivity contribution is 6.43. The number of hydrogen-bond donors (Lipinski definition) is 1. The van der Waals surface area contributed by atoms with Gasteiger partial charge in [0, 0.05) is 5.56 Å². The molecule has 0 aliphatic carbocycles. The van der Waals surface area contributed by atoms with Crippen molar-refractivity contribution in [1.82, 2.24) is 0 Å². The zero-order valence-corrected chi connectivity index (χ0v) is 10.3. The van der Waals surface area contributed by atoms with Crippen LogP contribution in [0.25, 0.3) is 11.1 Å². The van der Waals surface area contributed by atoms with Gasteiger partial charge in [-0.3, -0.25) is 0 Å². The molecule has 0 radical (unpaired) electrons. The van der Waals surface area contributed by atoms with E-state index in [4.69, 9.17) is 23.2 Å². The van der Waals surface area contributed by atoms with Gasteiger partial charge in [0.2, 0.25) is 0 Å². The Kier molecular flexibility index (Phi) is 3.67. The minimum absolute atomic E-state index is 0.254. The van der Waals surface area contributed by atoms with Crippen LogP contribution in [-0.4, -0.2) is 5.11 Å². The van der Waals surface area contributed by atoms with Gasteiger partial charge in [0.1, 0.15) is 5.82 Å². The fourth-order valence-electron chi connectivity index (χ4n) is 1.67. The molecule has 1 N–H and O–H groups in total. The van der Waals surface area contributed by atoms with Gasteiger partial charge < -0.3 is 5.11 Å². The molecule has 0 saturated heterocycles. The Hall–Kier alpha value is -1.09. The Morgan fingerprint density at radius 1 is 1.06 bits per heavy atom. The Balaban J connectivity index is 2.64. The predicted molar refractivity (Wildman–Crippen MR) is 67.8 cm³/mol. The molecule has 2 aromatic rings. The summed E-state index contributed by atoms with van der Waals surface area (Å²) in [5.41, 5.74) is 1.85. The molecule has 88 valence electrons. The van der Waals surface area contributed by atoms with Crippen LogP contribution in [-0.2, 0) is 6.61 Å². The third-order valence-corrected chi connectivity index (χ3v) is 3.30. The van der Waals surface area contributed by atoms with Crippen molar-refractivity contribution in [2.45, 2.75) is 6.61 Å². The molecule has 0 aliphatic rings. The molecule has 0 amide bonds. The standard InChI is InChI=1S/C13H9Cl2FO/c14-12-3-1-2-11(13(12)15)10-5-4-9(16)6-8(10)7-17/h1-6,17H,7H2. The van der Waals surface area contributed by atoms with Gasteiger partial charge in [-0.05, 0) is 29.3 Å². The molecule has 2 aromatic carbocycles. The maximum Gasteiger partial charge on any atom is 0.123 e. The van der Waals surface area contributed by atoms with Crippen LogP contribution in [0.15, 0.2) is 36.4 Å². The summed E-state index contributed by atoms with van der Waals surface area (Å²) in [5.74, 6) is -0.393. The average molecular weight is 271 g/mol. The molecule has 0 saturated carbocycles. The predicted octanol–water partition coefficient (Wildman–Crippen LogP) is 4.29. The third kappa shape index (κ3) is 2.44. The number of hydrogen-bond acceptors (Lipinski definition) is 1. The highest BCUT2D eigenvalue weighted by Gasteiger charge is 2.11. The maximum absolute atomic E-state index is 13.1. The second-order valence-electron chi connectivity index (χ2n) is 3.56. The largest absolute Gasteiger partial charge is 0.392 e. The highest BCUT2D eigenvalue weighted by Crippen LogP contribution is 2.35. The molecular weight excluding hydrogens is 262 g/mol. The summed E-state index contributed by atoms with van der Waals surface area (Å²) in [6, 6.07) is 9.40. The van der Waals surface area contributed by atoms with Crippen LogP contribution in [0.1, 0.15) is 5.56 Å². The molecule has 0 atom stereocenters. The van der Waals surface area contributed by atoms with Crippen molar-refractivity contribution >= 4 is 23.2 Å². The Bertz CT molecular complexity index is 555. The monoisotopic (exact) mass is 270 g/mol. The lowest BCUT2D eigenvalue weighted by Crippen LogP contribution is -1.92. The molecule has 0 aliphatic heterocycles. The molecule has 17 heavy (non-hydrogen) atoms. The SMILES string of the molecule is OCc1cc(F)ccc1-c1cccc(Cl)c1Cl. The van der Waals surface area contributed by atoms with Crippen molar-refractivity contribution in [3.8, 4) is 11.1 Å². The second kappa shape index (κ2) is 5.05. The van der Waals surface area contributed by atoms with Crippen molar-refractivity contribution in [1.29, 1.82) is 0 Å². The van der Waals surface area contributed by atoms with Crippen molar-refractivity contribution in [3.05, 3.63) is 57.8 Å². The molecule has 0 heterocycles. The van der Waals surface area contributed by atoms with E-state index in [1.54, 1.807) is 24.3 Å². The van der Waals surface area contributed by atoms with Crippen molar-refractivity contribution in [2.75, 3.05) is 0 Å². The molecule has 0 aromatic heterocycles. The smallest absolute Gasteiger partial charge is 0.123 e. The molecule has 2 rings (SSSR count). The van der Waals surface area contributed by atoms with Crippen LogP contribution in [0.4, 0.5) is 4.39 Å². The first-order chi connectivity index (χ1) is 8.13. The Labute approximate surface area is 108 Å². The molecule has 0 bridgehead atoms. The molecule has 0 unspecified atom stereocenters. The quantitative estimate of drug-likeness (QED) is 0.863. The van der Waals surface area contributed by atoms with Crippen molar-refractivity contribution in [2.24, 2.45) is 0 Å². The van der Waals surface area contributed by atoms with E-state index in [9.17, 15) is 9.50 Å². The Morgan fingerprint density at radius 2 is 1.82 bits per heavy atom. The van der Waals surface area contributed by atoms with E-state index < -0.39 is 5.82 Å². The minimum Gasteiger partial charge on any atom is -0.392 e. The summed E-state index contributed by atoms with van der Waals surface area (Å²) in [7, 11) is 0. The topological polar surface area (TPSA) is 20.2 Å². The van der Waals surface area contributed by atoms with Crippen molar-refractivity contribution < 1.29 is 9.50 Å². The van der Waals surface area contributed by atoms with E-state index in [1.165, 1.54) is 12.1 Å². The van der Waals surface area contributed by atoms with Gasteiger partial charge in [0.25, 0.3) is 0 Å². The van der Waals surface area contributed by atoms with Gasteiger partial charge in [0.05, 0.1) is 16.7 Å². The number of aliphatic hydroxyl groups is 1.